The maximum Gasteiger partial charge on any atom is 0.164 e. The van der Waals surface area contributed by atoms with Crippen molar-refractivity contribution >= 4 is 13.6 Å². The van der Waals surface area contributed by atoms with Crippen molar-refractivity contribution < 1.29 is 4.89 Å². The van der Waals surface area contributed by atoms with Crippen LogP contribution in [0.2, 0.25) is 0 Å². The highest BCUT2D eigenvalue weighted by Crippen LogP contribution is 2.58. The normalized spacial score (nSPS) is 15.5. The molecule has 0 radical (unpaired) electrons. The molecule has 1 aliphatic rings. The molecule has 0 spiro atoms. The van der Waals surface area contributed by atoms with E-state index in [1.165, 1.54) is 16.4 Å². The molecule has 0 saturated carbocycles. The van der Waals surface area contributed by atoms with Gasteiger partial charge in [-0.05, 0) is 17.2 Å². The molecule has 0 atom stereocenters. The standard InChI is InChI=1S/C11H14OP/c1-13(2,12)11-7-9-5-3-4-6-10(9)8-11/h3-7,12H,8H2,1-2H3/q+1. The van der Waals surface area contributed by atoms with Crippen LogP contribution in [0.1, 0.15) is 11.1 Å². The first kappa shape index (κ1) is 8.93. The number of hydrogen-bond donors (Lipinski definition) is 1. The third kappa shape index (κ3) is 1.67. The van der Waals surface area contributed by atoms with Crippen molar-refractivity contribution in [2.45, 2.75) is 6.42 Å². The zero-order chi connectivity index (χ0) is 9.47. The molecule has 13 heavy (non-hydrogen) atoms. The summed E-state index contributed by atoms with van der Waals surface area (Å²) in [5.41, 5.74) is 2.62. The number of rotatable bonds is 1. The van der Waals surface area contributed by atoms with Crippen molar-refractivity contribution in [3.63, 3.8) is 0 Å². The van der Waals surface area contributed by atoms with Gasteiger partial charge < -0.3 is 0 Å². The second kappa shape index (κ2) is 2.94. The van der Waals surface area contributed by atoms with Crippen molar-refractivity contribution in [3.8, 4) is 0 Å². The zero-order valence-corrected chi connectivity index (χ0v) is 8.88. The van der Waals surface area contributed by atoms with Gasteiger partial charge >= 0.3 is 0 Å². The number of benzene rings is 1. The molecule has 0 fully saturated rings. The van der Waals surface area contributed by atoms with Gasteiger partial charge in [0.15, 0.2) is 7.49 Å². The molecule has 1 aliphatic carbocycles. The molecular formula is C11H14OP+. The van der Waals surface area contributed by atoms with E-state index >= 15 is 0 Å². The first-order valence-electron chi connectivity index (χ1n) is 4.43. The largest absolute Gasteiger partial charge is 0.247 e. The van der Waals surface area contributed by atoms with E-state index in [2.05, 4.69) is 24.3 Å². The minimum Gasteiger partial charge on any atom is -0.247 e. The summed E-state index contributed by atoms with van der Waals surface area (Å²) in [6.07, 6.45) is 3.08. The van der Waals surface area contributed by atoms with E-state index in [9.17, 15) is 4.89 Å². The van der Waals surface area contributed by atoms with Crippen LogP contribution in [0.25, 0.3) is 6.08 Å². The lowest BCUT2D eigenvalue weighted by atomic mass is 10.1. The van der Waals surface area contributed by atoms with Gasteiger partial charge in [0, 0.05) is 6.42 Å². The molecule has 0 unspecified atom stereocenters. The van der Waals surface area contributed by atoms with Crippen LogP contribution in [-0.4, -0.2) is 18.2 Å². The van der Waals surface area contributed by atoms with Gasteiger partial charge in [-0.3, -0.25) is 0 Å². The maximum absolute atomic E-state index is 9.93. The van der Waals surface area contributed by atoms with Gasteiger partial charge in [-0.25, -0.2) is 4.89 Å². The monoisotopic (exact) mass is 193 g/mol. The highest BCUT2D eigenvalue weighted by molar-refractivity contribution is 7.73. The average Bonchev–Trinajstić information content (AvgIpc) is 2.45. The molecule has 0 saturated heterocycles. The van der Waals surface area contributed by atoms with Gasteiger partial charge in [-0.2, -0.15) is 0 Å². The van der Waals surface area contributed by atoms with E-state index in [0.717, 1.165) is 6.42 Å². The summed E-state index contributed by atoms with van der Waals surface area (Å²) in [6.45, 7) is 3.90. The molecule has 2 heteroatoms. The van der Waals surface area contributed by atoms with Crippen molar-refractivity contribution in [1.29, 1.82) is 0 Å². The lowest BCUT2D eigenvalue weighted by molar-refractivity contribution is 0.620. The Morgan fingerprint density at radius 1 is 1.23 bits per heavy atom. The molecule has 0 aliphatic heterocycles. The maximum atomic E-state index is 9.93. The molecule has 1 N–H and O–H groups in total. The lowest BCUT2D eigenvalue weighted by Gasteiger charge is -2.08. The SMILES string of the molecule is C[P+](C)(O)C1=Cc2ccccc2C1. The Hall–Kier alpha value is -0.650. The molecule has 0 aromatic heterocycles. The highest BCUT2D eigenvalue weighted by Gasteiger charge is 2.31. The van der Waals surface area contributed by atoms with Gasteiger partial charge in [0.05, 0.1) is 13.3 Å². The second-order valence-corrected chi connectivity index (χ2v) is 7.27. The summed E-state index contributed by atoms with van der Waals surface area (Å²) in [5, 5.41) is 1.22. The predicted molar refractivity (Wildman–Crippen MR) is 59.1 cm³/mol. The van der Waals surface area contributed by atoms with E-state index in [-0.39, 0.29) is 0 Å². The Bertz CT molecular complexity index is 361. The fourth-order valence-electron chi connectivity index (χ4n) is 1.61. The molecule has 1 nitrogen and oxygen atoms in total. The topological polar surface area (TPSA) is 20.2 Å². The summed E-state index contributed by atoms with van der Waals surface area (Å²) in [4.78, 5) is 9.93. The van der Waals surface area contributed by atoms with Crippen LogP contribution in [-0.2, 0) is 6.42 Å². The first-order valence-corrected chi connectivity index (χ1v) is 7.07. The predicted octanol–water partition coefficient (Wildman–Crippen LogP) is 2.77. The van der Waals surface area contributed by atoms with E-state index in [4.69, 9.17) is 0 Å². The second-order valence-electron chi connectivity index (χ2n) is 3.91. The third-order valence-electron chi connectivity index (χ3n) is 2.45. The van der Waals surface area contributed by atoms with Crippen molar-refractivity contribution in [2.75, 3.05) is 13.3 Å². The average molecular weight is 193 g/mol. The van der Waals surface area contributed by atoms with Gasteiger partial charge in [-0.15, -0.1) is 0 Å². The van der Waals surface area contributed by atoms with E-state index < -0.39 is 7.49 Å². The van der Waals surface area contributed by atoms with Crippen LogP contribution in [0.3, 0.4) is 0 Å². The van der Waals surface area contributed by atoms with Crippen molar-refractivity contribution in [2.24, 2.45) is 0 Å². The van der Waals surface area contributed by atoms with Gasteiger partial charge in [-0.1, -0.05) is 24.3 Å². The Labute approximate surface area is 79.5 Å². The summed E-state index contributed by atoms with van der Waals surface area (Å²) >= 11 is 0. The quantitative estimate of drug-likeness (QED) is 0.680. The minimum atomic E-state index is -1.78. The fourth-order valence-corrected chi connectivity index (χ4v) is 2.63. The summed E-state index contributed by atoms with van der Waals surface area (Å²) < 4.78 is 0. The smallest absolute Gasteiger partial charge is 0.164 e. The number of allylic oxidation sites excluding steroid dienone is 1. The fraction of sp³-hybridized carbons (Fsp3) is 0.273. The number of hydrogen-bond acceptors (Lipinski definition) is 1. The lowest BCUT2D eigenvalue weighted by Crippen LogP contribution is -1.91. The summed E-state index contributed by atoms with van der Waals surface area (Å²) in [6, 6.07) is 8.34. The van der Waals surface area contributed by atoms with E-state index in [1.54, 1.807) is 0 Å². The van der Waals surface area contributed by atoms with E-state index in [1.807, 2.05) is 19.4 Å². The summed E-state index contributed by atoms with van der Waals surface area (Å²) in [7, 11) is -1.78. The van der Waals surface area contributed by atoms with Gasteiger partial charge in [0.1, 0.15) is 5.31 Å². The molecule has 0 bridgehead atoms. The molecule has 0 heterocycles. The Balaban J connectivity index is 2.37. The Morgan fingerprint density at radius 3 is 2.54 bits per heavy atom. The Kier molecular flexibility index (Phi) is 2.02. The van der Waals surface area contributed by atoms with Crippen LogP contribution in [0.5, 0.6) is 0 Å². The van der Waals surface area contributed by atoms with Crippen LogP contribution in [0.4, 0.5) is 0 Å². The van der Waals surface area contributed by atoms with Crippen LogP contribution < -0.4 is 0 Å². The molecule has 1 aromatic carbocycles. The Morgan fingerprint density at radius 2 is 1.92 bits per heavy atom. The first-order chi connectivity index (χ1) is 6.07. The zero-order valence-electron chi connectivity index (χ0n) is 7.99. The minimum absolute atomic E-state index is 0.938. The molecule has 68 valence electrons. The molecule has 0 amide bonds. The van der Waals surface area contributed by atoms with Crippen LogP contribution in [0, 0.1) is 0 Å². The van der Waals surface area contributed by atoms with Crippen LogP contribution >= 0.6 is 7.49 Å². The van der Waals surface area contributed by atoms with Gasteiger partial charge in [0.2, 0.25) is 0 Å². The molecule has 2 rings (SSSR count). The molecule has 1 aromatic rings. The highest BCUT2D eigenvalue weighted by atomic mass is 31.2. The number of fused-ring (bicyclic) bond motifs is 1. The van der Waals surface area contributed by atoms with Gasteiger partial charge in [0.25, 0.3) is 0 Å². The van der Waals surface area contributed by atoms with Crippen LogP contribution in [0.15, 0.2) is 29.6 Å². The van der Waals surface area contributed by atoms with Crippen molar-refractivity contribution in [3.05, 3.63) is 40.7 Å². The van der Waals surface area contributed by atoms with Crippen molar-refractivity contribution in [1.82, 2.24) is 0 Å². The summed E-state index contributed by atoms with van der Waals surface area (Å²) in [5.74, 6) is 0. The third-order valence-corrected chi connectivity index (χ3v) is 4.14. The van der Waals surface area contributed by atoms with E-state index in [0.29, 0.717) is 0 Å². The molecular weight excluding hydrogens is 179 g/mol.